The quantitative estimate of drug-likeness (QED) is 0.605. The van der Waals surface area contributed by atoms with E-state index in [-0.39, 0.29) is 20.5 Å². The number of aryl methyl sites for hydroxylation is 1. The van der Waals surface area contributed by atoms with Crippen molar-refractivity contribution in [3.05, 3.63) is 23.8 Å². The van der Waals surface area contributed by atoms with E-state index in [4.69, 9.17) is 4.74 Å². The Kier molecular flexibility index (Phi) is 5.51. The van der Waals surface area contributed by atoms with Crippen molar-refractivity contribution < 1.29 is 17.9 Å². The number of amides is 1. The smallest absolute Gasteiger partial charge is 0.243 e. The second-order valence-corrected chi connectivity index (χ2v) is 13.9. The van der Waals surface area contributed by atoms with Crippen molar-refractivity contribution in [2.75, 3.05) is 31.6 Å². The maximum absolute atomic E-state index is 13.1. The summed E-state index contributed by atoms with van der Waals surface area (Å²) in [6, 6.07) is 5.20. The molecule has 0 aromatic heterocycles. The van der Waals surface area contributed by atoms with Gasteiger partial charge in [0, 0.05) is 29.5 Å². The maximum Gasteiger partial charge on any atom is 0.243 e. The fourth-order valence-corrected chi connectivity index (χ4v) is 10.1. The molecule has 1 aromatic carbocycles. The van der Waals surface area contributed by atoms with Crippen LogP contribution < -0.4 is 5.32 Å². The van der Waals surface area contributed by atoms with Crippen LogP contribution in [0.2, 0.25) is 0 Å². The lowest BCUT2D eigenvalue weighted by molar-refractivity contribution is -0.123. The Morgan fingerprint density at radius 1 is 1.19 bits per heavy atom. The first-order chi connectivity index (χ1) is 14.7. The van der Waals surface area contributed by atoms with Gasteiger partial charge >= 0.3 is 0 Å². The highest BCUT2D eigenvalue weighted by Gasteiger charge is 2.57. The highest BCUT2D eigenvalue weighted by Crippen LogP contribution is 2.65. The first kappa shape index (κ1) is 21.9. The number of sulfonamides is 1. The van der Waals surface area contributed by atoms with Crippen molar-refractivity contribution in [3.63, 3.8) is 0 Å². The predicted molar refractivity (Wildman–Crippen MR) is 123 cm³/mol. The molecule has 5 aliphatic rings. The summed E-state index contributed by atoms with van der Waals surface area (Å²) < 4.78 is 33.2. The van der Waals surface area contributed by atoms with Gasteiger partial charge in [-0.3, -0.25) is 4.79 Å². The monoisotopic (exact) mass is 510 g/mol. The number of rotatable bonds is 5. The Hall–Kier alpha value is -0.960. The Labute approximate surface area is 193 Å². The molecular formula is C23H31BrN2O4S. The van der Waals surface area contributed by atoms with Gasteiger partial charge in [-0.15, -0.1) is 0 Å². The van der Waals surface area contributed by atoms with Crippen molar-refractivity contribution in [2.45, 2.75) is 61.1 Å². The molecular weight excluding hydrogens is 480 g/mol. The van der Waals surface area contributed by atoms with Crippen molar-refractivity contribution in [1.29, 1.82) is 0 Å². The van der Waals surface area contributed by atoms with Crippen LogP contribution in [0.3, 0.4) is 0 Å². The number of ether oxygens (including phenoxy) is 1. The van der Waals surface area contributed by atoms with E-state index in [1.54, 1.807) is 25.1 Å². The molecule has 0 unspecified atom stereocenters. The molecule has 8 heteroatoms. The number of nitrogens with one attached hydrogen (secondary N) is 1. The summed E-state index contributed by atoms with van der Waals surface area (Å²) in [6.45, 7) is 3.33. The first-order valence-corrected chi connectivity index (χ1v) is 13.6. The van der Waals surface area contributed by atoms with Gasteiger partial charge in [-0.2, -0.15) is 4.31 Å². The van der Waals surface area contributed by atoms with Gasteiger partial charge < -0.3 is 10.1 Å². The van der Waals surface area contributed by atoms with Crippen LogP contribution >= 0.6 is 15.9 Å². The molecule has 1 aromatic rings. The largest absolute Gasteiger partial charge is 0.379 e. The minimum Gasteiger partial charge on any atom is -0.379 e. The molecule has 1 saturated heterocycles. The zero-order chi connectivity index (χ0) is 21.9. The Morgan fingerprint density at radius 3 is 2.52 bits per heavy atom. The third-order valence-corrected chi connectivity index (χ3v) is 10.7. The van der Waals surface area contributed by atoms with Crippen LogP contribution in [0.4, 0.5) is 5.69 Å². The van der Waals surface area contributed by atoms with Crippen LogP contribution in [0.5, 0.6) is 0 Å². The number of halogens is 1. The zero-order valence-corrected chi connectivity index (χ0v) is 20.4. The molecule has 6 nitrogen and oxygen atoms in total. The first-order valence-electron chi connectivity index (χ1n) is 11.3. The highest BCUT2D eigenvalue weighted by molar-refractivity contribution is 9.10. The molecule has 1 heterocycles. The molecule has 31 heavy (non-hydrogen) atoms. The number of benzene rings is 1. The average Bonchev–Trinajstić information content (AvgIpc) is 2.67. The third kappa shape index (κ3) is 4.21. The zero-order valence-electron chi connectivity index (χ0n) is 18.0. The minimum atomic E-state index is -3.61. The molecule has 170 valence electrons. The lowest BCUT2D eigenvalue weighted by Gasteiger charge is -2.60. The van der Waals surface area contributed by atoms with E-state index in [9.17, 15) is 13.2 Å². The van der Waals surface area contributed by atoms with Gasteiger partial charge in [0.2, 0.25) is 15.9 Å². The lowest BCUT2D eigenvalue weighted by atomic mass is 9.48. The predicted octanol–water partition coefficient (Wildman–Crippen LogP) is 4.08. The van der Waals surface area contributed by atoms with Gasteiger partial charge in [-0.05, 0) is 80.4 Å². The number of morpholine rings is 1. The molecule has 0 spiro atoms. The summed E-state index contributed by atoms with van der Waals surface area (Å²) in [5, 5.41) is 3.01. The Morgan fingerprint density at radius 2 is 1.87 bits per heavy atom. The molecule has 5 fully saturated rings. The summed E-state index contributed by atoms with van der Waals surface area (Å²) in [5.74, 6) is 1.47. The number of hydrogen-bond acceptors (Lipinski definition) is 4. The van der Waals surface area contributed by atoms with Crippen LogP contribution in [-0.2, 0) is 19.6 Å². The van der Waals surface area contributed by atoms with Gasteiger partial charge in [0.25, 0.3) is 0 Å². The van der Waals surface area contributed by atoms with Gasteiger partial charge in [0.05, 0.1) is 18.1 Å². The van der Waals surface area contributed by atoms with Crippen LogP contribution in [0.25, 0.3) is 0 Å². The fraction of sp³-hybridized carbons (Fsp3) is 0.696. The van der Waals surface area contributed by atoms with Crippen LogP contribution in [0, 0.1) is 24.2 Å². The molecule has 4 bridgehead atoms. The maximum atomic E-state index is 13.1. The molecule has 1 aliphatic heterocycles. The SMILES string of the molecule is Cc1ccc(NC(=O)CC23C[C@H]4C[C@@H](CC(Br)(C4)C2)C3)cc1S(=O)(=O)N1CCOCC1. The van der Waals surface area contributed by atoms with Crippen molar-refractivity contribution in [2.24, 2.45) is 17.3 Å². The molecule has 6 rings (SSSR count). The third-order valence-electron chi connectivity index (χ3n) is 7.71. The Balaban J connectivity index is 1.32. The molecule has 4 aliphatic carbocycles. The van der Waals surface area contributed by atoms with E-state index in [1.165, 1.54) is 23.6 Å². The molecule has 0 radical (unpaired) electrons. The van der Waals surface area contributed by atoms with E-state index in [0.717, 1.165) is 31.1 Å². The topological polar surface area (TPSA) is 75.7 Å². The van der Waals surface area contributed by atoms with E-state index >= 15 is 0 Å². The van der Waals surface area contributed by atoms with E-state index in [2.05, 4.69) is 21.2 Å². The number of carbonyl (C=O) groups is 1. The fourth-order valence-electron chi connectivity index (χ4n) is 6.97. The van der Waals surface area contributed by atoms with Gasteiger partial charge in [0.1, 0.15) is 0 Å². The number of nitrogens with zero attached hydrogens (tertiary/aromatic N) is 1. The van der Waals surface area contributed by atoms with E-state index < -0.39 is 10.0 Å². The van der Waals surface area contributed by atoms with Gasteiger partial charge in [0.15, 0.2) is 0 Å². The molecule has 1 N–H and O–H groups in total. The normalized spacial score (nSPS) is 35.3. The molecule has 4 saturated carbocycles. The van der Waals surface area contributed by atoms with Crippen molar-refractivity contribution in [1.82, 2.24) is 4.31 Å². The lowest BCUT2D eigenvalue weighted by Crippen LogP contribution is -2.53. The second kappa shape index (κ2) is 7.82. The van der Waals surface area contributed by atoms with E-state index in [1.807, 2.05) is 0 Å². The van der Waals surface area contributed by atoms with Crippen molar-refractivity contribution >= 4 is 37.5 Å². The van der Waals surface area contributed by atoms with E-state index in [0.29, 0.717) is 44.0 Å². The summed E-state index contributed by atoms with van der Waals surface area (Å²) in [7, 11) is -3.61. The number of alkyl halides is 1. The summed E-state index contributed by atoms with van der Waals surface area (Å²) in [5.41, 5.74) is 1.33. The van der Waals surface area contributed by atoms with Gasteiger partial charge in [-0.25, -0.2) is 8.42 Å². The average molecular weight is 511 g/mol. The minimum absolute atomic E-state index is 0.00313. The van der Waals surface area contributed by atoms with Crippen LogP contribution in [0.15, 0.2) is 23.1 Å². The standard InChI is InChI=1S/C23H31BrN2O4S/c1-16-2-3-19(9-20(16)31(28,29)26-4-6-30-7-5-26)25-21(27)14-22-10-17-8-18(11-22)13-23(24,12-17)15-22/h2-3,9,17-18H,4-8,10-15H2,1H3,(H,25,27)/t17-,18-,22?,23?/m1/s1. The summed E-state index contributed by atoms with van der Waals surface area (Å²) >= 11 is 4.01. The number of hydrogen-bond donors (Lipinski definition) is 1. The second-order valence-electron chi connectivity index (χ2n) is 10.3. The van der Waals surface area contributed by atoms with Crippen LogP contribution in [0.1, 0.15) is 50.5 Å². The number of anilines is 1. The Bertz CT molecular complexity index is 975. The molecule has 1 amide bonds. The number of carbonyl (C=O) groups excluding carboxylic acids is 1. The molecule has 2 atom stereocenters. The summed E-state index contributed by atoms with van der Waals surface area (Å²) in [4.78, 5) is 13.3. The highest BCUT2D eigenvalue weighted by atomic mass is 79.9. The van der Waals surface area contributed by atoms with Crippen molar-refractivity contribution in [3.8, 4) is 0 Å². The van der Waals surface area contributed by atoms with Gasteiger partial charge in [-0.1, -0.05) is 22.0 Å². The summed E-state index contributed by atoms with van der Waals surface area (Å²) in [6.07, 6.45) is 7.69. The van der Waals surface area contributed by atoms with Crippen LogP contribution in [-0.4, -0.2) is 49.3 Å².